The van der Waals surface area contributed by atoms with Gasteiger partial charge < -0.3 is 9.47 Å². The predicted molar refractivity (Wildman–Crippen MR) is 215 cm³/mol. The first-order valence-electron chi connectivity index (χ1n) is 20.4. The van der Waals surface area contributed by atoms with E-state index in [1.54, 1.807) is 39.0 Å². The summed E-state index contributed by atoms with van der Waals surface area (Å²) in [5.41, 5.74) is 21.5. The van der Waals surface area contributed by atoms with Gasteiger partial charge in [0, 0.05) is 45.2 Å². The van der Waals surface area contributed by atoms with Gasteiger partial charge in [0.15, 0.2) is 0 Å². The van der Waals surface area contributed by atoms with Crippen LogP contribution in [0, 0.1) is 17.8 Å². The van der Waals surface area contributed by atoms with Crippen molar-refractivity contribution in [3.05, 3.63) is 166 Å². The third-order valence-corrected chi connectivity index (χ3v) is 14.4. The number of aromatic nitrogens is 1. The Kier molecular flexibility index (Phi) is 6.34. The number of para-hydroxylation sites is 1. The third kappa shape index (κ3) is 3.81. The first-order chi connectivity index (χ1) is 25.8. The molecule has 1 spiro atoms. The van der Waals surface area contributed by atoms with Crippen molar-refractivity contribution >= 4 is 27.9 Å². The molecule has 0 aliphatic heterocycles. The van der Waals surface area contributed by atoms with Crippen LogP contribution >= 0.6 is 0 Å². The maximum Gasteiger partial charge on any atom is 0.0535 e. The second-order valence-corrected chi connectivity index (χ2v) is 16.6. The summed E-state index contributed by atoms with van der Waals surface area (Å²) in [6, 6.07) is 26.1. The van der Waals surface area contributed by atoms with Gasteiger partial charge in [0.25, 0.3) is 0 Å². The number of hydrogen-bond donors (Lipinski definition) is 0. The van der Waals surface area contributed by atoms with Gasteiger partial charge in [-0.25, -0.2) is 0 Å². The van der Waals surface area contributed by atoms with E-state index in [0.29, 0.717) is 5.92 Å². The SMILES string of the molecule is C1=CCC=CC(N(c2ccc3c(c2)C2=CCCC4C5CCCC6=C5C3(C3=C6C=CCC3)C24)c2ccc3c(c2)c2c(n3-c3ccccc3)CCCC2)=C1. The highest BCUT2D eigenvalue weighted by Gasteiger charge is 2.67. The molecule has 4 unspecified atom stereocenters. The highest BCUT2D eigenvalue weighted by Crippen LogP contribution is 2.76. The molecule has 0 saturated heterocycles. The number of nitrogens with zero attached hydrogens (tertiary/aromatic N) is 2. The number of aryl methyl sites for hydroxylation is 1. The van der Waals surface area contributed by atoms with Crippen molar-refractivity contribution in [2.75, 3.05) is 4.90 Å². The topological polar surface area (TPSA) is 8.17 Å². The number of anilines is 2. The van der Waals surface area contributed by atoms with Gasteiger partial charge in [-0.1, -0.05) is 60.7 Å². The normalized spacial score (nSPS) is 27.6. The lowest BCUT2D eigenvalue weighted by Crippen LogP contribution is -2.32. The van der Waals surface area contributed by atoms with Gasteiger partial charge in [0.1, 0.15) is 0 Å². The Morgan fingerprint density at radius 1 is 0.769 bits per heavy atom. The second kappa shape index (κ2) is 11.1. The van der Waals surface area contributed by atoms with Crippen LogP contribution < -0.4 is 4.90 Å². The van der Waals surface area contributed by atoms with Crippen LogP contribution in [0.4, 0.5) is 11.4 Å². The highest BCUT2D eigenvalue weighted by atomic mass is 15.1. The van der Waals surface area contributed by atoms with E-state index in [1.807, 2.05) is 5.57 Å². The first-order valence-corrected chi connectivity index (χ1v) is 20.4. The molecule has 8 aliphatic carbocycles. The molecule has 0 N–H and O–H groups in total. The number of fused-ring (bicyclic) bond motifs is 7. The van der Waals surface area contributed by atoms with E-state index in [2.05, 4.69) is 125 Å². The molecule has 2 nitrogen and oxygen atoms in total. The van der Waals surface area contributed by atoms with E-state index in [4.69, 9.17) is 0 Å². The van der Waals surface area contributed by atoms with E-state index in [0.717, 1.165) is 31.1 Å². The Hall–Kier alpha value is -4.82. The average molecular weight is 675 g/mol. The lowest BCUT2D eigenvalue weighted by molar-refractivity contribution is 0.298. The quantitative estimate of drug-likeness (QED) is 0.209. The first kappa shape index (κ1) is 29.7. The fourth-order valence-corrected chi connectivity index (χ4v) is 12.8. The number of allylic oxidation sites excluding steroid dienone is 13. The molecule has 1 heterocycles. The van der Waals surface area contributed by atoms with E-state index in [-0.39, 0.29) is 5.41 Å². The molecule has 256 valence electrons. The molecule has 1 aromatic heterocycles. The molecule has 0 bridgehead atoms. The summed E-state index contributed by atoms with van der Waals surface area (Å²) in [7, 11) is 0. The maximum absolute atomic E-state index is 2.68. The van der Waals surface area contributed by atoms with E-state index < -0.39 is 0 Å². The van der Waals surface area contributed by atoms with Crippen LogP contribution in [0.5, 0.6) is 0 Å². The van der Waals surface area contributed by atoms with Crippen LogP contribution in [-0.2, 0) is 18.3 Å². The molecule has 4 atom stereocenters. The maximum atomic E-state index is 2.68. The van der Waals surface area contributed by atoms with Crippen molar-refractivity contribution in [3.63, 3.8) is 0 Å². The summed E-state index contributed by atoms with van der Waals surface area (Å²) >= 11 is 0. The molecule has 52 heavy (non-hydrogen) atoms. The Balaban J connectivity index is 1.06. The molecule has 0 amide bonds. The second-order valence-electron chi connectivity index (χ2n) is 16.6. The monoisotopic (exact) mass is 674 g/mol. The Bertz CT molecular complexity index is 2440. The molecule has 1 fully saturated rings. The van der Waals surface area contributed by atoms with Crippen LogP contribution in [0.15, 0.2) is 143 Å². The van der Waals surface area contributed by atoms with Gasteiger partial charge in [0.2, 0.25) is 0 Å². The lowest BCUT2D eigenvalue weighted by Gasteiger charge is -2.36. The Morgan fingerprint density at radius 3 is 2.63 bits per heavy atom. The standard InChI is InChI=1S/C50H46N2/c1-2-5-15-32(14-4-1)51(35-27-29-47-43(31-35)37-19-9-11-25-46(37)52(47)33-16-6-3-7-17-33)34-26-28-45-42(30-34)41-23-13-22-40-39-21-12-20-38-36-18-8-10-24-44(36)50(45,48(38)39)49(40)41/h1,3-8,14-18,23,26-31,39-40,49H,2,9-13,19-22,24-25H2. The van der Waals surface area contributed by atoms with Crippen LogP contribution in [0.25, 0.3) is 22.2 Å². The lowest BCUT2D eigenvalue weighted by atomic mass is 9.65. The zero-order chi connectivity index (χ0) is 34.0. The summed E-state index contributed by atoms with van der Waals surface area (Å²) in [6.07, 6.45) is 34.0. The molecular weight excluding hydrogens is 629 g/mol. The summed E-state index contributed by atoms with van der Waals surface area (Å²) < 4.78 is 2.55. The zero-order valence-corrected chi connectivity index (χ0v) is 30.1. The minimum atomic E-state index is 0.110. The van der Waals surface area contributed by atoms with Gasteiger partial charge >= 0.3 is 0 Å². The van der Waals surface area contributed by atoms with Crippen LogP contribution in [-0.4, -0.2) is 4.57 Å². The molecule has 2 heteroatoms. The van der Waals surface area contributed by atoms with Crippen molar-refractivity contribution in [1.82, 2.24) is 4.57 Å². The molecule has 8 aliphatic rings. The van der Waals surface area contributed by atoms with E-state index >= 15 is 0 Å². The van der Waals surface area contributed by atoms with E-state index in [9.17, 15) is 0 Å². The van der Waals surface area contributed by atoms with Crippen molar-refractivity contribution in [3.8, 4) is 5.69 Å². The van der Waals surface area contributed by atoms with Gasteiger partial charge in [-0.3, -0.25) is 0 Å². The van der Waals surface area contributed by atoms with Gasteiger partial charge in [-0.2, -0.15) is 0 Å². The highest BCUT2D eigenvalue weighted by molar-refractivity contribution is 5.93. The van der Waals surface area contributed by atoms with Crippen molar-refractivity contribution < 1.29 is 0 Å². The minimum absolute atomic E-state index is 0.110. The number of benzene rings is 3. The number of rotatable bonds is 4. The predicted octanol–water partition coefficient (Wildman–Crippen LogP) is 12.5. The molecule has 12 rings (SSSR count). The minimum Gasteiger partial charge on any atom is -0.313 e. The van der Waals surface area contributed by atoms with E-state index in [1.165, 1.54) is 97.1 Å². The van der Waals surface area contributed by atoms with Gasteiger partial charge in [-0.15, -0.1) is 0 Å². The summed E-state index contributed by atoms with van der Waals surface area (Å²) in [5, 5.41) is 1.42. The number of hydrogen-bond acceptors (Lipinski definition) is 1. The van der Waals surface area contributed by atoms with Crippen molar-refractivity contribution in [2.45, 2.75) is 82.5 Å². The summed E-state index contributed by atoms with van der Waals surface area (Å²) in [6.45, 7) is 0. The molecule has 3 aromatic carbocycles. The van der Waals surface area contributed by atoms with Crippen LogP contribution in [0.3, 0.4) is 0 Å². The zero-order valence-electron chi connectivity index (χ0n) is 30.1. The van der Waals surface area contributed by atoms with Gasteiger partial charge in [-0.05, 0) is 188 Å². The smallest absolute Gasteiger partial charge is 0.0535 e. The summed E-state index contributed by atoms with van der Waals surface area (Å²) in [4.78, 5) is 2.56. The van der Waals surface area contributed by atoms with Gasteiger partial charge in [0.05, 0.1) is 5.52 Å². The fourth-order valence-electron chi connectivity index (χ4n) is 12.8. The Labute approximate surface area is 307 Å². The average Bonchev–Trinajstić information content (AvgIpc) is 3.81. The van der Waals surface area contributed by atoms with Crippen LogP contribution in [0.2, 0.25) is 0 Å². The van der Waals surface area contributed by atoms with Crippen molar-refractivity contribution in [1.29, 1.82) is 0 Å². The summed E-state index contributed by atoms with van der Waals surface area (Å²) in [5.74, 6) is 2.18. The Morgan fingerprint density at radius 2 is 1.67 bits per heavy atom. The molecule has 1 saturated carbocycles. The van der Waals surface area contributed by atoms with Crippen molar-refractivity contribution in [2.24, 2.45) is 17.8 Å². The largest absolute Gasteiger partial charge is 0.313 e. The molecule has 4 aromatic rings. The molecule has 0 radical (unpaired) electrons. The molecular formula is C50H46N2. The van der Waals surface area contributed by atoms with Crippen LogP contribution in [0.1, 0.15) is 86.6 Å². The fraction of sp³-hybridized carbons (Fsp3) is 0.320. The third-order valence-electron chi connectivity index (χ3n) is 14.4.